The molecule has 1 aromatic heterocycles. The maximum atomic E-state index is 9.35. The maximum absolute atomic E-state index is 9.35. The average Bonchev–Trinajstić information content (AvgIpc) is 2.74. The van der Waals surface area contributed by atoms with Crippen molar-refractivity contribution in [2.24, 2.45) is 4.99 Å². The minimum Gasteiger partial charge on any atom is -0.508 e. The highest BCUT2D eigenvalue weighted by Gasteiger charge is 2.20. The molecule has 0 unspecified atom stereocenters. The Morgan fingerprint density at radius 1 is 1.18 bits per heavy atom. The highest BCUT2D eigenvalue weighted by Crippen LogP contribution is 2.17. The summed E-state index contributed by atoms with van der Waals surface area (Å²) in [7, 11) is 0. The van der Waals surface area contributed by atoms with Crippen LogP contribution in [0.2, 0.25) is 0 Å². The fourth-order valence-corrected chi connectivity index (χ4v) is 3.44. The van der Waals surface area contributed by atoms with E-state index in [9.17, 15) is 5.11 Å². The molecular formula is C22H31N5O. The van der Waals surface area contributed by atoms with Crippen molar-refractivity contribution >= 4 is 11.8 Å². The van der Waals surface area contributed by atoms with E-state index in [1.54, 1.807) is 12.1 Å². The minimum absolute atomic E-state index is 0.314. The van der Waals surface area contributed by atoms with Gasteiger partial charge in [0.25, 0.3) is 0 Å². The Hall–Kier alpha value is -2.76. The number of pyridine rings is 1. The first kappa shape index (κ1) is 20.0. The van der Waals surface area contributed by atoms with E-state index in [1.807, 2.05) is 30.5 Å². The zero-order valence-corrected chi connectivity index (χ0v) is 16.6. The number of aliphatic imine (C=N–C) groups is 1. The number of phenolic OH excluding ortho intramolecular Hbond substituents is 1. The van der Waals surface area contributed by atoms with Crippen LogP contribution in [0.25, 0.3) is 0 Å². The molecule has 0 radical (unpaired) electrons. The molecule has 1 aliphatic heterocycles. The number of benzene rings is 1. The van der Waals surface area contributed by atoms with Crippen LogP contribution in [-0.4, -0.2) is 48.3 Å². The molecule has 0 amide bonds. The highest BCUT2D eigenvalue weighted by atomic mass is 16.3. The number of guanidine groups is 1. The summed E-state index contributed by atoms with van der Waals surface area (Å²) in [6.07, 6.45) is 5.96. The second kappa shape index (κ2) is 10.5. The van der Waals surface area contributed by atoms with Gasteiger partial charge < -0.3 is 20.6 Å². The van der Waals surface area contributed by atoms with Gasteiger partial charge in [0.2, 0.25) is 0 Å². The molecule has 3 N–H and O–H groups in total. The molecule has 0 aliphatic carbocycles. The molecule has 1 aromatic carbocycles. The lowest BCUT2D eigenvalue weighted by Crippen LogP contribution is -2.49. The van der Waals surface area contributed by atoms with Crippen molar-refractivity contribution < 1.29 is 5.11 Å². The molecule has 1 saturated heterocycles. The van der Waals surface area contributed by atoms with E-state index >= 15 is 0 Å². The standard InChI is InChI=1S/C22H31N5O/c1-2-23-22(25-15-5-6-18-8-10-20(28)11-9-18)26-19-12-16-27(17-13-19)21-7-3-4-14-24-21/h3-4,7-11,14,19,28H,2,5-6,12-13,15-17H2,1H3,(H2,23,25,26). The third-order valence-corrected chi connectivity index (χ3v) is 4.98. The van der Waals surface area contributed by atoms with Gasteiger partial charge in [0.05, 0.1) is 0 Å². The molecule has 3 rings (SSSR count). The molecule has 2 heterocycles. The Morgan fingerprint density at radius 2 is 1.96 bits per heavy atom. The van der Waals surface area contributed by atoms with Gasteiger partial charge in [0.15, 0.2) is 5.96 Å². The number of hydrogen-bond acceptors (Lipinski definition) is 4. The summed E-state index contributed by atoms with van der Waals surface area (Å²) in [5.41, 5.74) is 1.23. The number of aryl methyl sites for hydroxylation is 1. The summed E-state index contributed by atoms with van der Waals surface area (Å²) >= 11 is 0. The van der Waals surface area contributed by atoms with Crippen molar-refractivity contribution in [3.8, 4) is 5.75 Å². The van der Waals surface area contributed by atoms with Crippen LogP contribution in [0.15, 0.2) is 53.7 Å². The number of aromatic hydroxyl groups is 1. The largest absolute Gasteiger partial charge is 0.508 e. The molecule has 28 heavy (non-hydrogen) atoms. The fraction of sp³-hybridized carbons (Fsp3) is 0.455. The van der Waals surface area contributed by atoms with Crippen LogP contribution < -0.4 is 15.5 Å². The van der Waals surface area contributed by atoms with E-state index in [0.717, 1.165) is 63.6 Å². The van der Waals surface area contributed by atoms with E-state index in [4.69, 9.17) is 4.99 Å². The molecule has 6 heteroatoms. The Balaban J connectivity index is 1.43. The number of aromatic nitrogens is 1. The normalized spacial score (nSPS) is 15.5. The molecular weight excluding hydrogens is 350 g/mol. The lowest BCUT2D eigenvalue weighted by Gasteiger charge is -2.33. The number of nitrogens with one attached hydrogen (secondary N) is 2. The van der Waals surface area contributed by atoms with Gasteiger partial charge in [-0.15, -0.1) is 0 Å². The van der Waals surface area contributed by atoms with Crippen LogP contribution in [-0.2, 0) is 6.42 Å². The lowest BCUT2D eigenvalue weighted by atomic mass is 10.1. The number of piperidine rings is 1. The van der Waals surface area contributed by atoms with Crippen LogP contribution in [0.4, 0.5) is 5.82 Å². The number of phenols is 1. The van der Waals surface area contributed by atoms with Crippen LogP contribution in [0.5, 0.6) is 5.75 Å². The summed E-state index contributed by atoms with van der Waals surface area (Å²) in [6, 6.07) is 13.9. The summed E-state index contributed by atoms with van der Waals surface area (Å²) in [5.74, 6) is 2.29. The Morgan fingerprint density at radius 3 is 2.64 bits per heavy atom. The van der Waals surface area contributed by atoms with Gasteiger partial charge in [-0.25, -0.2) is 4.98 Å². The topological polar surface area (TPSA) is 72.8 Å². The predicted molar refractivity (Wildman–Crippen MR) is 115 cm³/mol. The number of nitrogens with zero attached hydrogens (tertiary/aromatic N) is 3. The zero-order valence-electron chi connectivity index (χ0n) is 16.6. The molecule has 150 valence electrons. The van der Waals surface area contributed by atoms with Crippen LogP contribution in [0.3, 0.4) is 0 Å². The monoisotopic (exact) mass is 381 g/mol. The van der Waals surface area contributed by atoms with E-state index < -0.39 is 0 Å². The highest BCUT2D eigenvalue weighted by molar-refractivity contribution is 5.80. The zero-order chi connectivity index (χ0) is 19.6. The van der Waals surface area contributed by atoms with E-state index in [-0.39, 0.29) is 0 Å². The van der Waals surface area contributed by atoms with Gasteiger partial charge in [-0.2, -0.15) is 0 Å². The first-order valence-electron chi connectivity index (χ1n) is 10.2. The first-order valence-corrected chi connectivity index (χ1v) is 10.2. The molecule has 0 saturated carbocycles. The number of anilines is 1. The van der Waals surface area contributed by atoms with E-state index in [2.05, 4.69) is 33.5 Å². The lowest BCUT2D eigenvalue weighted by molar-refractivity contribution is 0.459. The van der Waals surface area contributed by atoms with Crippen LogP contribution in [0.1, 0.15) is 31.7 Å². The molecule has 1 fully saturated rings. The smallest absolute Gasteiger partial charge is 0.191 e. The first-order chi connectivity index (χ1) is 13.7. The van der Waals surface area contributed by atoms with Gasteiger partial charge in [-0.1, -0.05) is 18.2 Å². The molecule has 2 aromatic rings. The van der Waals surface area contributed by atoms with Crippen molar-refractivity contribution in [2.45, 2.75) is 38.6 Å². The summed E-state index contributed by atoms with van der Waals surface area (Å²) in [4.78, 5) is 11.5. The summed E-state index contributed by atoms with van der Waals surface area (Å²) in [6.45, 7) is 5.75. The third-order valence-electron chi connectivity index (χ3n) is 4.98. The van der Waals surface area contributed by atoms with Crippen molar-refractivity contribution in [2.75, 3.05) is 31.1 Å². The molecule has 0 bridgehead atoms. The number of hydrogen-bond donors (Lipinski definition) is 3. The molecule has 0 spiro atoms. The van der Waals surface area contributed by atoms with Crippen molar-refractivity contribution in [3.05, 3.63) is 54.2 Å². The second-order valence-corrected chi connectivity index (χ2v) is 7.12. The Bertz CT molecular complexity index is 724. The third kappa shape index (κ3) is 6.15. The maximum Gasteiger partial charge on any atom is 0.191 e. The van der Waals surface area contributed by atoms with Crippen molar-refractivity contribution in [1.82, 2.24) is 15.6 Å². The van der Waals surface area contributed by atoms with Crippen LogP contribution >= 0.6 is 0 Å². The average molecular weight is 382 g/mol. The quantitative estimate of drug-likeness (QED) is 0.391. The minimum atomic E-state index is 0.314. The van der Waals surface area contributed by atoms with E-state index in [1.165, 1.54) is 5.56 Å². The summed E-state index contributed by atoms with van der Waals surface area (Å²) < 4.78 is 0. The second-order valence-electron chi connectivity index (χ2n) is 7.12. The van der Waals surface area contributed by atoms with Crippen LogP contribution in [0, 0.1) is 0 Å². The fourth-order valence-electron chi connectivity index (χ4n) is 3.44. The van der Waals surface area contributed by atoms with Gasteiger partial charge in [0, 0.05) is 38.4 Å². The SMILES string of the molecule is CCNC(=NCCCc1ccc(O)cc1)NC1CCN(c2ccccn2)CC1. The summed E-state index contributed by atoms with van der Waals surface area (Å²) in [5, 5.41) is 16.3. The van der Waals surface area contributed by atoms with Crippen molar-refractivity contribution in [1.29, 1.82) is 0 Å². The molecule has 0 atom stereocenters. The Labute approximate surface area is 167 Å². The number of rotatable bonds is 7. The van der Waals surface area contributed by atoms with Gasteiger partial charge in [0.1, 0.15) is 11.6 Å². The van der Waals surface area contributed by atoms with E-state index in [0.29, 0.717) is 11.8 Å². The molecule has 1 aliphatic rings. The molecule has 6 nitrogen and oxygen atoms in total. The predicted octanol–water partition coefficient (Wildman–Crippen LogP) is 2.94. The van der Waals surface area contributed by atoms with Gasteiger partial charge in [-0.05, 0) is 62.4 Å². The van der Waals surface area contributed by atoms with Gasteiger partial charge in [-0.3, -0.25) is 4.99 Å². The van der Waals surface area contributed by atoms with Gasteiger partial charge >= 0.3 is 0 Å². The Kier molecular flexibility index (Phi) is 7.53. The van der Waals surface area contributed by atoms with Crippen molar-refractivity contribution in [3.63, 3.8) is 0 Å².